The first-order chi connectivity index (χ1) is 5.44. The Kier molecular flexibility index (Phi) is 11.8. The van der Waals surface area contributed by atoms with Crippen molar-refractivity contribution in [3.63, 3.8) is 0 Å². The molecule has 0 atom stereocenters. The quantitative estimate of drug-likeness (QED) is 0.188. The van der Waals surface area contributed by atoms with E-state index in [1.807, 2.05) is 0 Å². The molecule has 0 heterocycles. The summed E-state index contributed by atoms with van der Waals surface area (Å²) in [5.74, 6) is 0. The maximum Gasteiger partial charge on any atom is 1.00 e. The zero-order valence-corrected chi connectivity index (χ0v) is 11.7. The van der Waals surface area contributed by atoms with Crippen molar-refractivity contribution in [2.45, 2.75) is 0 Å². The summed E-state index contributed by atoms with van der Waals surface area (Å²) in [6.45, 7) is 0. The number of rotatable bonds is 2. The standard InChI is InChI=1S/CH4N2O.K.H3O7PS.H/c2-1(3)4;;1-8(2,3)7-9(4,5)6;/h(H4,2,3,4);;(H2,1,2,3)(H,4,5,6);/q;+1;;-1. The van der Waals surface area contributed by atoms with Crippen LogP contribution >= 0.6 is 7.82 Å². The van der Waals surface area contributed by atoms with Gasteiger partial charge >= 0.3 is 75.6 Å². The maximum atomic E-state index is 9.58. The average Bonchev–Trinajstić information content (AvgIpc) is 1.47. The number of phosphoric acid groups is 1. The van der Waals surface area contributed by atoms with Gasteiger partial charge in [0.25, 0.3) is 0 Å². The van der Waals surface area contributed by atoms with Crippen LogP contribution in [0.3, 0.4) is 0 Å². The van der Waals surface area contributed by atoms with E-state index in [0.717, 1.165) is 0 Å². The van der Waals surface area contributed by atoms with Gasteiger partial charge in [-0.05, 0) is 0 Å². The van der Waals surface area contributed by atoms with Gasteiger partial charge in [-0.2, -0.15) is 8.42 Å². The molecule has 0 aromatic carbocycles. The molecular weight excluding hydrogens is 270 g/mol. The molecule has 0 saturated heterocycles. The Labute approximate surface area is 123 Å². The second kappa shape index (κ2) is 8.12. The van der Waals surface area contributed by atoms with E-state index >= 15 is 0 Å². The van der Waals surface area contributed by atoms with Gasteiger partial charge in [-0.15, -0.1) is 3.97 Å². The zero-order chi connectivity index (χ0) is 11.3. The first-order valence-electron chi connectivity index (χ1n) is 2.23. The molecule has 2 amide bonds. The second-order valence-corrected chi connectivity index (χ2v) is 3.83. The van der Waals surface area contributed by atoms with Gasteiger partial charge < -0.3 is 22.7 Å². The van der Waals surface area contributed by atoms with Gasteiger partial charge in [0.1, 0.15) is 0 Å². The number of nitrogens with two attached hydrogens (primary N) is 2. The van der Waals surface area contributed by atoms with Crippen LogP contribution in [0.5, 0.6) is 0 Å². The first-order valence-corrected chi connectivity index (χ1v) is 5.12. The van der Waals surface area contributed by atoms with E-state index in [2.05, 4.69) is 15.4 Å². The first kappa shape index (κ1) is 20.4. The molecule has 13 heteroatoms. The predicted octanol–water partition coefficient (Wildman–Crippen LogP) is -4.96. The van der Waals surface area contributed by atoms with Crippen molar-refractivity contribution >= 4 is 24.3 Å². The average molecular weight is 278 g/mol. The van der Waals surface area contributed by atoms with Crippen LogP contribution in [0.4, 0.5) is 4.79 Å². The molecular formula is CH8KN2O8PS. The monoisotopic (exact) mass is 278 g/mol. The fourth-order valence-corrected chi connectivity index (χ4v) is 1.10. The fourth-order valence-electron chi connectivity index (χ4n) is 0.123. The van der Waals surface area contributed by atoms with Crippen LogP contribution in [-0.2, 0) is 18.9 Å². The number of urea groups is 1. The molecule has 0 unspecified atom stereocenters. The molecule has 0 aliphatic rings. The summed E-state index contributed by atoms with van der Waals surface area (Å²) in [5, 5.41) is 0. The summed E-state index contributed by atoms with van der Waals surface area (Å²) < 4.78 is 39.0. The molecule has 0 fully saturated rings. The number of primary amides is 2. The van der Waals surface area contributed by atoms with Crippen molar-refractivity contribution in [1.29, 1.82) is 0 Å². The molecule has 0 spiro atoms. The van der Waals surface area contributed by atoms with Gasteiger partial charge in [0.05, 0.1) is 0 Å². The van der Waals surface area contributed by atoms with Crippen LogP contribution in [-0.4, -0.2) is 28.8 Å². The molecule has 0 radical (unpaired) electrons. The Balaban J connectivity index is -0.0000000883. The number of carbonyl (C=O) groups is 1. The van der Waals surface area contributed by atoms with E-state index in [0.29, 0.717) is 0 Å². The topological polar surface area (TPSA) is 190 Å². The Morgan fingerprint density at radius 2 is 1.57 bits per heavy atom. The van der Waals surface area contributed by atoms with Crippen LogP contribution in [0.2, 0.25) is 0 Å². The minimum absolute atomic E-state index is 0. The molecule has 14 heavy (non-hydrogen) atoms. The van der Waals surface area contributed by atoms with E-state index < -0.39 is 24.3 Å². The van der Waals surface area contributed by atoms with Gasteiger partial charge in [0.2, 0.25) is 0 Å². The van der Waals surface area contributed by atoms with Crippen LogP contribution in [0.1, 0.15) is 1.43 Å². The Hall–Kier alpha value is 0.926. The summed E-state index contributed by atoms with van der Waals surface area (Å²) in [4.78, 5) is 24.4. The largest absolute Gasteiger partial charge is 1.00 e. The number of carbonyl (C=O) groups excluding carboxylic acids is 1. The van der Waals surface area contributed by atoms with E-state index in [-0.39, 0.29) is 52.8 Å². The summed E-state index contributed by atoms with van der Waals surface area (Å²) in [7, 11) is -10.2. The third-order valence-corrected chi connectivity index (χ3v) is 1.72. The molecule has 0 aromatic rings. The fraction of sp³-hybridized carbons (Fsp3) is 0. The van der Waals surface area contributed by atoms with Crippen molar-refractivity contribution in [2.24, 2.45) is 11.5 Å². The van der Waals surface area contributed by atoms with Crippen molar-refractivity contribution in [1.82, 2.24) is 0 Å². The number of hydrogen-bond donors (Lipinski definition) is 5. The molecule has 82 valence electrons. The van der Waals surface area contributed by atoms with Crippen LogP contribution in [0, 0.1) is 0 Å². The second-order valence-electron chi connectivity index (χ2n) is 1.40. The van der Waals surface area contributed by atoms with Crippen LogP contribution < -0.4 is 62.9 Å². The molecule has 10 nitrogen and oxygen atoms in total. The summed E-state index contributed by atoms with van der Waals surface area (Å²) >= 11 is 0. The SMILES string of the molecule is NC(N)=O.O=P(O)(O)OS(=O)(=O)O.[H-].[K+]. The van der Waals surface area contributed by atoms with Crippen molar-refractivity contribution in [3.8, 4) is 0 Å². The summed E-state index contributed by atoms with van der Waals surface area (Å²) in [6, 6.07) is -0.833. The van der Waals surface area contributed by atoms with E-state index in [1.165, 1.54) is 0 Å². The number of amides is 2. The molecule has 0 aromatic heterocycles. The molecule has 0 bridgehead atoms. The normalized spacial score (nSPS) is 10.5. The van der Waals surface area contributed by atoms with Gasteiger partial charge in [-0.25, -0.2) is 9.36 Å². The summed E-state index contributed by atoms with van der Waals surface area (Å²) in [6.07, 6.45) is 0. The predicted molar refractivity (Wildman–Crippen MR) is 39.6 cm³/mol. The third kappa shape index (κ3) is 38.3. The van der Waals surface area contributed by atoms with Crippen LogP contribution in [0.25, 0.3) is 0 Å². The van der Waals surface area contributed by atoms with Gasteiger partial charge in [-0.3, -0.25) is 4.55 Å². The Morgan fingerprint density at radius 3 is 1.57 bits per heavy atom. The van der Waals surface area contributed by atoms with Gasteiger partial charge in [-0.1, -0.05) is 0 Å². The van der Waals surface area contributed by atoms with Crippen molar-refractivity contribution < 1.29 is 88.9 Å². The molecule has 0 aliphatic heterocycles. The molecule has 0 saturated carbocycles. The van der Waals surface area contributed by atoms with Gasteiger partial charge in [0.15, 0.2) is 0 Å². The zero-order valence-electron chi connectivity index (χ0n) is 7.89. The van der Waals surface area contributed by atoms with E-state index in [9.17, 15) is 13.0 Å². The van der Waals surface area contributed by atoms with E-state index in [4.69, 9.17) is 19.1 Å². The smallest absolute Gasteiger partial charge is 1.00 e. The van der Waals surface area contributed by atoms with Crippen molar-refractivity contribution in [2.75, 3.05) is 0 Å². The minimum atomic E-state index is -5.13. The van der Waals surface area contributed by atoms with Gasteiger partial charge in [0, 0.05) is 0 Å². The molecule has 0 aliphatic carbocycles. The Morgan fingerprint density at radius 1 is 1.36 bits per heavy atom. The maximum absolute atomic E-state index is 9.58. The summed E-state index contributed by atoms with van der Waals surface area (Å²) in [5.41, 5.74) is 8.50. The van der Waals surface area contributed by atoms with E-state index in [1.54, 1.807) is 0 Å². The third-order valence-electron chi connectivity index (χ3n) is 0.191. The molecule has 0 rings (SSSR count). The molecule has 7 N–H and O–H groups in total. The Bertz CT molecular complexity index is 307. The number of hydrogen-bond acceptors (Lipinski definition) is 5. The minimum Gasteiger partial charge on any atom is -1.00 e. The van der Waals surface area contributed by atoms with Crippen LogP contribution in [0.15, 0.2) is 0 Å². The van der Waals surface area contributed by atoms with Crippen molar-refractivity contribution in [3.05, 3.63) is 0 Å².